The molecule has 7 heteroatoms. The lowest BCUT2D eigenvalue weighted by molar-refractivity contribution is 0.0854. The average Bonchev–Trinajstić information content (AvgIpc) is 3.15. The molecule has 4 rings (SSSR count). The van der Waals surface area contributed by atoms with Crippen molar-refractivity contribution >= 4 is 33.4 Å². The van der Waals surface area contributed by atoms with Crippen LogP contribution in [0.1, 0.15) is 28.2 Å². The minimum atomic E-state index is -0.116. The summed E-state index contributed by atoms with van der Waals surface area (Å²) in [5, 5.41) is 13.2. The number of aromatic nitrogens is 1. The summed E-state index contributed by atoms with van der Waals surface area (Å²) in [5.41, 5.74) is 1.56. The van der Waals surface area contributed by atoms with Crippen LogP contribution in [0.15, 0.2) is 48.5 Å². The van der Waals surface area contributed by atoms with Gasteiger partial charge in [-0.05, 0) is 49.2 Å². The van der Waals surface area contributed by atoms with Crippen molar-refractivity contribution in [3.8, 4) is 5.75 Å². The lowest BCUT2D eigenvalue weighted by Crippen LogP contribution is -2.45. The van der Waals surface area contributed by atoms with E-state index in [4.69, 9.17) is 0 Å². The molecule has 3 aromatic rings. The van der Waals surface area contributed by atoms with Gasteiger partial charge in [0.25, 0.3) is 0 Å². The summed E-state index contributed by atoms with van der Waals surface area (Å²) in [7, 11) is 0. The Labute approximate surface area is 166 Å². The second-order valence-electron chi connectivity index (χ2n) is 6.91. The number of amides is 2. The van der Waals surface area contributed by atoms with Crippen molar-refractivity contribution in [3.63, 3.8) is 0 Å². The van der Waals surface area contributed by atoms with Crippen molar-refractivity contribution in [2.24, 2.45) is 5.92 Å². The fraction of sp³-hybridized carbons (Fsp3) is 0.286. The Hall–Kier alpha value is -2.93. The maximum absolute atomic E-state index is 12.6. The number of phenols is 1. The summed E-state index contributed by atoms with van der Waals surface area (Å²) in [5.74, 6) is 0.142. The second-order valence-corrected chi connectivity index (χ2v) is 8.02. The fourth-order valence-corrected chi connectivity index (χ4v) is 4.37. The van der Waals surface area contributed by atoms with Crippen LogP contribution in [0.2, 0.25) is 0 Å². The molecule has 2 heterocycles. The maximum Gasteiger partial charge on any atom is 0.317 e. The van der Waals surface area contributed by atoms with E-state index in [9.17, 15) is 14.7 Å². The number of hydrogen-bond acceptors (Lipinski definition) is 5. The number of nitrogens with zero attached hydrogens (tertiary/aromatic N) is 2. The number of para-hydroxylation sites is 1. The first-order valence-electron chi connectivity index (χ1n) is 9.30. The Balaban J connectivity index is 1.28. The summed E-state index contributed by atoms with van der Waals surface area (Å²) < 4.78 is 1.11. The third-order valence-corrected chi connectivity index (χ3v) is 6.07. The number of ketones is 1. The normalized spacial score (nSPS) is 14.9. The number of carbonyl (C=O) groups excluding carboxylic acids is 2. The van der Waals surface area contributed by atoms with Crippen molar-refractivity contribution in [3.05, 3.63) is 59.1 Å². The van der Waals surface area contributed by atoms with E-state index in [2.05, 4.69) is 10.3 Å². The zero-order valence-electron chi connectivity index (χ0n) is 15.3. The van der Waals surface area contributed by atoms with Crippen molar-refractivity contribution in [1.29, 1.82) is 0 Å². The summed E-state index contributed by atoms with van der Waals surface area (Å²) in [6, 6.07) is 14.1. The van der Waals surface area contributed by atoms with Gasteiger partial charge in [-0.15, -0.1) is 11.3 Å². The molecule has 0 atom stereocenters. The highest BCUT2D eigenvalue weighted by Crippen LogP contribution is 2.24. The molecule has 1 saturated heterocycles. The zero-order valence-corrected chi connectivity index (χ0v) is 16.1. The molecule has 2 N–H and O–H groups in total. The molecule has 0 bridgehead atoms. The Morgan fingerprint density at radius 3 is 2.54 bits per heavy atom. The summed E-state index contributed by atoms with van der Waals surface area (Å²) in [4.78, 5) is 31.3. The molecule has 0 unspecified atom stereocenters. The molecule has 6 nitrogen and oxygen atoms in total. The van der Waals surface area contributed by atoms with Crippen LogP contribution in [0.5, 0.6) is 5.75 Å². The highest BCUT2D eigenvalue weighted by atomic mass is 32.1. The largest absolute Gasteiger partial charge is 0.508 e. The van der Waals surface area contributed by atoms with E-state index in [1.54, 1.807) is 28.4 Å². The van der Waals surface area contributed by atoms with Gasteiger partial charge in [-0.3, -0.25) is 4.79 Å². The lowest BCUT2D eigenvalue weighted by Gasteiger charge is -2.31. The average molecular weight is 395 g/mol. The Morgan fingerprint density at radius 1 is 1.11 bits per heavy atom. The number of nitrogens with one attached hydrogen (secondary N) is 1. The number of thiazole rings is 1. The van der Waals surface area contributed by atoms with Crippen LogP contribution in [0.4, 0.5) is 4.79 Å². The summed E-state index contributed by atoms with van der Waals surface area (Å²) >= 11 is 1.58. The number of Topliss-reactive ketones (excluding diaryl/α,β-unsaturated/α-hetero) is 1. The summed E-state index contributed by atoms with van der Waals surface area (Å²) in [6.07, 6.45) is 1.29. The van der Waals surface area contributed by atoms with E-state index in [1.165, 1.54) is 12.1 Å². The van der Waals surface area contributed by atoms with E-state index in [0.29, 0.717) is 38.0 Å². The number of fused-ring (bicyclic) bond motifs is 1. The van der Waals surface area contributed by atoms with E-state index < -0.39 is 0 Å². The van der Waals surface area contributed by atoms with Crippen LogP contribution in [-0.2, 0) is 6.54 Å². The van der Waals surface area contributed by atoms with Gasteiger partial charge in [-0.2, -0.15) is 0 Å². The number of carbonyl (C=O) groups is 2. The smallest absolute Gasteiger partial charge is 0.317 e. The number of aromatic hydroxyl groups is 1. The van der Waals surface area contributed by atoms with Crippen molar-refractivity contribution in [2.45, 2.75) is 19.4 Å². The Morgan fingerprint density at radius 2 is 1.82 bits per heavy atom. The third-order valence-electron chi connectivity index (χ3n) is 5.03. The maximum atomic E-state index is 12.6. The quantitative estimate of drug-likeness (QED) is 0.658. The molecule has 1 fully saturated rings. The SMILES string of the molecule is O=C(c1ccc(O)cc1)C1CCN(C(=O)NCc2nc3ccccc3s2)CC1. The van der Waals surface area contributed by atoms with Gasteiger partial charge >= 0.3 is 6.03 Å². The van der Waals surface area contributed by atoms with Crippen LogP contribution < -0.4 is 5.32 Å². The number of phenolic OH excluding ortho intramolecular Hbond substituents is 1. The third kappa shape index (κ3) is 3.99. The summed E-state index contributed by atoms with van der Waals surface area (Å²) in [6.45, 7) is 1.52. The standard InChI is InChI=1S/C21H21N3O3S/c25-16-7-5-14(6-8-16)20(26)15-9-11-24(12-10-15)21(27)22-13-19-23-17-3-1-2-4-18(17)28-19/h1-8,15,25H,9-13H2,(H,22,27). The van der Waals surface area contributed by atoms with Crippen LogP contribution in [0, 0.1) is 5.92 Å². The molecule has 0 radical (unpaired) electrons. The molecular formula is C21H21N3O3S. The number of likely N-dealkylation sites (tertiary alicyclic amines) is 1. The van der Waals surface area contributed by atoms with Gasteiger partial charge in [0.2, 0.25) is 0 Å². The van der Waals surface area contributed by atoms with Gasteiger partial charge in [0.15, 0.2) is 5.78 Å². The van der Waals surface area contributed by atoms with Crippen LogP contribution in [0.3, 0.4) is 0 Å². The molecule has 28 heavy (non-hydrogen) atoms. The van der Waals surface area contributed by atoms with Gasteiger partial charge in [0, 0.05) is 24.6 Å². The molecule has 1 aromatic heterocycles. The monoisotopic (exact) mass is 395 g/mol. The first kappa shape index (κ1) is 18.4. The van der Waals surface area contributed by atoms with Crippen LogP contribution >= 0.6 is 11.3 Å². The molecule has 2 amide bonds. The number of rotatable bonds is 4. The van der Waals surface area contributed by atoms with Gasteiger partial charge in [0.05, 0.1) is 16.8 Å². The predicted octanol–water partition coefficient (Wildman–Crippen LogP) is 3.81. The molecule has 0 saturated carbocycles. The molecule has 0 aliphatic carbocycles. The topological polar surface area (TPSA) is 82.5 Å². The van der Waals surface area contributed by atoms with Gasteiger partial charge in [-0.25, -0.2) is 9.78 Å². The van der Waals surface area contributed by atoms with Crippen molar-refractivity contribution in [2.75, 3.05) is 13.1 Å². The molecular weight excluding hydrogens is 374 g/mol. The molecule has 2 aromatic carbocycles. The first-order chi connectivity index (χ1) is 13.6. The molecule has 144 valence electrons. The second kappa shape index (κ2) is 7.98. The minimum absolute atomic E-state index is 0.0783. The van der Waals surface area contributed by atoms with Crippen LogP contribution in [0.25, 0.3) is 10.2 Å². The van der Waals surface area contributed by atoms with Crippen molar-refractivity contribution < 1.29 is 14.7 Å². The van der Waals surface area contributed by atoms with Crippen LogP contribution in [-0.4, -0.2) is 39.9 Å². The van der Waals surface area contributed by atoms with E-state index in [0.717, 1.165) is 15.2 Å². The fourth-order valence-electron chi connectivity index (χ4n) is 3.46. The number of benzene rings is 2. The predicted molar refractivity (Wildman–Crippen MR) is 109 cm³/mol. The highest BCUT2D eigenvalue weighted by molar-refractivity contribution is 7.18. The Bertz CT molecular complexity index is 959. The highest BCUT2D eigenvalue weighted by Gasteiger charge is 2.28. The lowest BCUT2D eigenvalue weighted by atomic mass is 9.89. The van der Waals surface area contributed by atoms with Gasteiger partial charge in [-0.1, -0.05) is 12.1 Å². The minimum Gasteiger partial charge on any atom is -0.508 e. The number of piperidine rings is 1. The molecule has 1 aliphatic heterocycles. The van der Waals surface area contributed by atoms with Gasteiger partial charge in [0.1, 0.15) is 10.8 Å². The molecule has 1 aliphatic rings. The Kier molecular flexibility index (Phi) is 5.25. The molecule has 0 spiro atoms. The number of urea groups is 1. The van der Waals surface area contributed by atoms with E-state index in [-0.39, 0.29) is 23.5 Å². The first-order valence-corrected chi connectivity index (χ1v) is 10.1. The van der Waals surface area contributed by atoms with E-state index >= 15 is 0 Å². The van der Waals surface area contributed by atoms with E-state index in [1.807, 2.05) is 24.3 Å². The zero-order chi connectivity index (χ0) is 19.5. The van der Waals surface area contributed by atoms with Crippen molar-refractivity contribution in [1.82, 2.24) is 15.2 Å². The number of hydrogen-bond donors (Lipinski definition) is 2. The van der Waals surface area contributed by atoms with Gasteiger partial charge < -0.3 is 15.3 Å².